The van der Waals surface area contributed by atoms with Gasteiger partial charge in [-0.2, -0.15) is 0 Å². The molecule has 4 aromatic rings. The number of ether oxygens (including phenoxy) is 3. The molecule has 0 radical (unpaired) electrons. The van der Waals surface area contributed by atoms with Crippen molar-refractivity contribution in [3.63, 3.8) is 0 Å². The van der Waals surface area contributed by atoms with Crippen LogP contribution in [-0.2, 0) is 41.6 Å². The molecule has 2 aliphatic heterocycles. The van der Waals surface area contributed by atoms with E-state index < -0.39 is 29.6 Å². The van der Waals surface area contributed by atoms with Crippen molar-refractivity contribution >= 4 is 40.0 Å². The number of thiazole rings is 1. The van der Waals surface area contributed by atoms with Crippen LogP contribution in [0.5, 0.6) is 0 Å². The molecular formula is C45H60N6O6S. The quantitative estimate of drug-likeness (QED) is 0.155. The van der Waals surface area contributed by atoms with Gasteiger partial charge in [0.2, 0.25) is 5.91 Å². The van der Waals surface area contributed by atoms with Gasteiger partial charge in [-0.05, 0) is 87.1 Å². The summed E-state index contributed by atoms with van der Waals surface area (Å²) in [5, 5.41) is 8.30. The topological polar surface area (TPSA) is 137 Å². The van der Waals surface area contributed by atoms with Gasteiger partial charge in [0, 0.05) is 71.7 Å². The summed E-state index contributed by atoms with van der Waals surface area (Å²) in [5.74, 6) is -0.338. The molecule has 1 aliphatic carbocycles. The van der Waals surface area contributed by atoms with Gasteiger partial charge < -0.3 is 24.1 Å². The summed E-state index contributed by atoms with van der Waals surface area (Å²) in [4.78, 5) is 52.4. The second-order valence-corrected chi connectivity index (χ2v) is 18.5. The van der Waals surface area contributed by atoms with Crippen molar-refractivity contribution in [1.29, 1.82) is 0 Å². The van der Waals surface area contributed by atoms with Crippen molar-refractivity contribution in [2.45, 2.75) is 112 Å². The summed E-state index contributed by atoms with van der Waals surface area (Å²) in [6.45, 7) is 18.4. The molecule has 3 aliphatic rings. The van der Waals surface area contributed by atoms with Gasteiger partial charge in [0.25, 0.3) is 5.91 Å². The Morgan fingerprint density at radius 2 is 1.93 bits per heavy atom. The van der Waals surface area contributed by atoms with Gasteiger partial charge in [-0.15, -0.1) is 11.3 Å². The third-order valence-electron chi connectivity index (χ3n) is 12.4. The van der Waals surface area contributed by atoms with Gasteiger partial charge in [0.05, 0.1) is 29.8 Å². The van der Waals surface area contributed by atoms with Gasteiger partial charge in [-0.3, -0.25) is 24.4 Å². The fourth-order valence-electron chi connectivity index (χ4n) is 8.58. The summed E-state index contributed by atoms with van der Waals surface area (Å²) in [5.41, 5.74) is 9.52. The molecule has 0 spiro atoms. The number of esters is 1. The number of rotatable bonds is 10. The van der Waals surface area contributed by atoms with Crippen LogP contribution in [0.4, 0.5) is 0 Å². The Morgan fingerprint density at radius 1 is 1.16 bits per heavy atom. The van der Waals surface area contributed by atoms with Gasteiger partial charge >= 0.3 is 5.97 Å². The number of pyridine rings is 1. The minimum atomic E-state index is -1.07. The highest BCUT2D eigenvalue weighted by Crippen LogP contribution is 2.46. The van der Waals surface area contributed by atoms with E-state index in [0.29, 0.717) is 43.3 Å². The lowest BCUT2D eigenvalue weighted by atomic mass is 9.84. The van der Waals surface area contributed by atoms with Gasteiger partial charge in [0.1, 0.15) is 23.2 Å². The zero-order valence-electron chi connectivity index (χ0n) is 35.5. The molecule has 58 heavy (non-hydrogen) atoms. The summed E-state index contributed by atoms with van der Waals surface area (Å²) >= 11 is 1.43. The highest BCUT2D eigenvalue weighted by molar-refractivity contribution is 7.10. The van der Waals surface area contributed by atoms with E-state index in [0.717, 1.165) is 57.6 Å². The second kappa shape index (κ2) is 17.2. The van der Waals surface area contributed by atoms with E-state index in [4.69, 9.17) is 24.2 Å². The molecule has 2 amide bonds. The van der Waals surface area contributed by atoms with Crippen LogP contribution in [0, 0.1) is 29.1 Å². The third kappa shape index (κ3) is 8.46. The van der Waals surface area contributed by atoms with Crippen LogP contribution in [0.15, 0.2) is 41.9 Å². The average molecular weight is 813 g/mol. The fraction of sp³-hybridized carbons (Fsp3) is 0.578. The monoisotopic (exact) mass is 812 g/mol. The SMILES string of the molecule is CCn1c(-c2cccnc2[C@H](C)OC)c2c3cc(ccc31)-c1csc(n1)[C@@H](OCCC(C)C)[C@H](NC(=O)C1[C@@H](C)[C@H]1C)C(=O)N1CCC[C@H](N1)C(=O)OCC(C)(C)C2. The number of nitrogens with one attached hydrogen (secondary N) is 2. The van der Waals surface area contributed by atoms with Gasteiger partial charge in [0.15, 0.2) is 0 Å². The Hall–Kier alpha value is -4.17. The fourth-order valence-corrected chi connectivity index (χ4v) is 9.49. The van der Waals surface area contributed by atoms with E-state index in [1.807, 2.05) is 18.4 Å². The van der Waals surface area contributed by atoms with Crippen LogP contribution in [0.3, 0.4) is 0 Å². The Labute approximate surface area is 346 Å². The van der Waals surface area contributed by atoms with Crippen LogP contribution in [-0.4, -0.2) is 76.3 Å². The number of methoxy groups -OCH3 is 1. The first-order valence-corrected chi connectivity index (χ1v) is 21.9. The van der Waals surface area contributed by atoms with Crippen LogP contribution >= 0.6 is 11.3 Å². The predicted octanol–water partition coefficient (Wildman–Crippen LogP) is 7.67. The lowest BCUT2D eigenvalue weighted by Crippen LogP contribution is -2.61. The molecule has 1 unspecified atom stereocenters. The van der Waals surface area contributed by atoms with E-state index in [1.165, 1.54) is 16.3 Å². The van der Waals surface area contributed by atoms with Gasteiger partial charge in [-0.1, -0.05) is 47.6 Å². The summed E-state index contributed by atoms with van der Waals surface area (Å²) in [6.07, 6.45) is 3.19. The van der Waals surface area contributed by atoms with Crippen molar-refractivity contribution in [1.82, 2.24) is 30.3 Å². The number of cyclic esters (lactones) is 1. The molecule has 312 valence electrons. The normalized spacial score (nSPS) is 25.4. The first kappa shape index (κ1) is 42.0. The van der Waals surface area contributed by atoms with Crippen LogP contribution in [0.25, 0.3) is 33.4 Å². The molecule has 3 aromatic heterocycles. The highest BCUT2D eigenvalue weighted by atomic mass is 32.1. The standard InChI is InChI=1S/C45H60N6O6S/c1-10-50-35-16-15-29-21-31(35)32(39(50)30-13-11-18-46-37(30)28(6)55-9)22-45(7,8)24-57-44(54)33-14-12-19-51(49-33)43(53)38(48-41(52)36-26(4)27(36)5)40(56-20-17-25(2)3)42-47-34(29)23-58-42/h11,13,15-16,18,21,23,25-28,33,36,38,40,49H,10,12,14,17,19-20,22,24H2,1-9H3,(H,48,52)/t26-,27+,28-,33-,36?,38-,40-/m0/s1. The zero-order valence-corrected chi connectivity index (χ0v) is 36.3. The number of hydrogen-bond donors (Lipinski definition) is 2. The van der Waals surface area contributed by atoms with E-state index in [-0.39, 0.29) is 42.3 Å². The number of aryl methyl sites for hydroxylation is 1. The number of nitrogens with zero attached hydrogens (tertiary/aromatic N) is 4. The number of benzene rings is 1. The average Bonchev–Trinajstić information content (AvgIpc) is 3.50. The predicted molar refractivity (Wildman–Crippen MR) is 226 cm³/mol. The van der Waals surface area contributed by atoms with E-state index in [9.17, 15) is 14.4 Å². The number of hydrazine groups is 1. The van der Waals surface area contributed by atoms with Gasteiger partial charge in [-0.25, -0.2) is 10.4 Å². The maximum Gasteiger partial charge on any atom is 0.324 e. The van der Waals surface area contributed by atoms with E-state index >= 15 is 0 Å². The highest BCUT2D eigenvalue weighted by Gasteiger charge is 2.50. The number of amides is 2. The van der Waals surface area contributed by atoms with Crippen molar-refractivity contribution in [2.75, 3.05) is 26.9 Å². The first-order chi connectivity index (χ1) is 27.7. The summed E-state index contributed by atoms with van der Waals surface area (Å²) < 4.78 is 20.9. The van der Waals surface area contributed by atoms with Crippen LogP contribution in [0.1, 0.15) is 103 Å². The maximum atomic E-state index is 14.7. The van der Waals surface area contributed by atoms with Crippen molar-refractivity contribution in [3.8, 4) is 22.5 Å². The molecule has 12 nitrogen and oxygen atoms in total. The van der Waals surface area contributed by atoms with E-state index in [2.05, 4.69) is 88.0 Å². The molecule has 1 aromatic carbocycles. The largest absolute Gasteiger partial charge is 0.464 e. The Bertz CT molecular complexity index is 2140. The van der Waals surface area contributed by atoms with Crippen molar-refractivity contribution in [3.05, 3.63) is 58.2 Å². The number of carbonyl (C=O) groups is 3. The smallest absolute Gasteiger partial charge is 0.324 e. The number of fused-ring (bicyclic) bond motifs is 6. The molecule has 1 saturated heterocycles. The summed E-state index contributed by atoms with van der Waals surface area (Å²) in [6, 6.07) is 8.74. The van der Waals surface area contributed by atoms with Crippen molar-refractivity contribution in [2.24, 2.45) is 29.1 Å². The molecule has 7 atom stereocenters. The summed E-state index contributed by atoms with van der Waals surface area (Å²) in [7, 11) is 1.70. The molecule has 2 fully saturated rings. The molecule has 1 saturated carbocycles. The van der Waals surface area contributed by atoms with Crippen molar-refractivity contribution < 1.29 is 28.6 Å². The minimum absolute atomic E-state index is 0.169. The third-order valence-corrected chi connectivity index (χ3v) is 13.3. The zero-order chi connectivity index (χ0) is 41.5. The van der Waals surface area contributed by atoms with Crippen LogP contribution in [0.2, 0.25) is 0 Å². The van der Waals surface area contributed by atoms with Crippen LogP contribution < -0.4 is 10.7 Å². The Kier molecular flexibility index (Phi) is 12.4. The first-order valence-electron chi connectivity index (χ1n) is 21.0. The maximum absolute atomic E-state index is 14.7. The van der Waals surface area contributed by atoms with E-state index in [1.54, 1.807) is 13.3 Å². The lowest BCUT2D eigenvalue weighted by molar-refractivity contribution is -0.157. The molecular weight excluding hydrogens is 753 g/mol. The number of hydrogen-bond acceptors (Lipinski definition) is 10. The number of aromatic nitrogens is 3. The number of carbonyl (C=O) groups excluding carboxylic acids is 3. The second-order valence-electron chi connectivity index (χ2n) is 17.7. The molecule has 7 rings (SSSR count). The molecule has 13 heteroatoms. The minimum Gasteiger partial charge on any atom is -0.464 e. The Balaban J connectivity index is 1.40. The lowest BCUT2D eigenvalue weighted by Gasteiger charge is -2.37. The molecule has 5 heterocycles. The molecule has 2 N–H and O–H groups in total. The molecule has 6 bridgehead atoms. The Morgan fingerprint density at radius 3 is 2.64 bits per heavy atom.